The minimum absolute atomic E-state index is 0.638. The van der Waals surface area contributed by atoms with Crippen LogP contribution in [0.2, 0.25) is 0 Å². The Bertz CT molecular complexity index is 227. The molecule has 0 N–H and O–H groups in total. The molecule has 1 aliphatic carbocycles. The third-order valence-corrected chi connectivity index (χ3v) is 3.01. The number of rotatable bonds is 0. The smallest absolute Gasteiger partial charge is 0.0534 e. The van der Waals surface area contributed by atoms with Gasteiger partial charge < -0.3 is 4.74 Å². The summed E-state index contributed by atoms with van der Waals surface area (Å²) in [7, 11) is 0. The van der Waals surface area contributed by atoms with E-state index in [2.05, 4.69) is 32.1 Å². The highest BCUT2D eigenvalue weighted by atomic mass is 16.5. The molecule has 2 aliphatic rings. The molecule has 0 saturated carbocycles. The van der Waals surface area contributed by atoms with Crippen molar-refractivity contribution in [3.63, 3.8) is 0 Å². The van der Waals surface area contributed by atoms with Crippen molar-refractivity contribution in [3.05, 3.63) is 23.8 Å². The molecule has 0 aromatic heterocycles. The number of allylic oxidation sites excluding steroid dienone is 3. The average Bonchev–Trinajstić information content (AvgIpc) is 2.04. The van der Waals surface area contributed by atoms with Gasteiger partial charge in [-0.05, 0) is 18.8 Å². The molecule has 1 aliphatic heterocycles. The van der Waals surface area contributed by atoms with Crippen LogP contribution in [0.4, 0.5) is 0 Å². The van der Waals surface area contributed by atoms with Crippen LogP contribution >= 0.6 is 0 Å². The van der Waals surface area contributed by atoms with E-state index in [0.717, 1.165) is 19.1 Å². The van der Waals surface area contributed by atoms with Gasteiger partial charge in [0.1, 0.15) is 0 Å². The Morgan fingerprint density at radius 2 is 2.25 bits per heavy atom. The van der Waals surface area contributed by atoms with E-state index in [9.17, 15) is 0 Å². The predicted octanol–water partition coefficient (Wildman–Crippen LogP) is 2.40. The topological polar surface area (TPSA) is 9.23 Å². The van der Waals surface area contributed by atoms with Crippen LogP contribution in [0.1, 0.15) is 13.8 Å². The maximum absolute atomic E-state index is 5.52. The van der Waals surface area contributed by atoms with Crippen molar-refractivity contribution in [1.29, 1.82) is 0 Å². The molecule has 1 heteroatoms. The second-order valence-electron chi connectivity index (χ2n) is 4.00. The van der Waals surface area contributed by atoms with Crippen LogP contribution in [0.25, 0.3) is 0 Å². The Labute approximate surface area is 74.1 Å². The number of hydrogen-bond acceptors (Lipinski definition) is 1. The van der Waals surface area contributed by atoms with Gasteiger partial charge in [0.2, 0.25) is 0 Å². The number of fused-ring (bicyclic) bond motifs is 1. The third-order valence-electron chi connectivity index (χ3n) is 3.01. The van der Waals surface area contributed by atoms with Crippen molar-refractivity contribution in [2.24, 2.45) is 17.8 Å². The summed E-state index contributed by atoms with van der Waals surface area (Å²) < 4.78 is 5.52. The molecule has 0 bridgehead atoms. The van der Waals surface area contributed by atoms with Crippen LogP contribution in [-0.4, -0.2) is 13.2 Å². The molecule has 1 saturated heterocycles. The van der Waals surface area contributed by atoms with Gasteiger partial charge in [-0.25, -0.2) is 0 Å². The molecule has 0 aromatic carbocycles. The molecular weight excluding hydrogens is 148 g/mol. The largest absolute Gasteiger partial charge is 0.381 e. The van der Waals surface area contributed by atoms with Crippen molar-refractivity contribution in [2.75, 3.05) is 13.2 Å². The Morgan fingerprint density at radius 3 is 3.00 bits per heavy atom. The van der Waals surface area contributed by atoms with Crippen molar-refractivity contribution < 1.29 is 4.74 Å². The first-order chi connectivity index (χ1) is 5.79. The van der Waals surface area contributed by atoms with Crippen LogP contribution < -0.4 is 0 Å². The van der Waals surface area contributed by atoms with E-state index in [0.29, 0.717) is 11.8 Å². The van der Waals surface area contributed by atoms with Crippen LogP contribution in [0.5, 0.6) is 0 Å². The molecular formula is C11H16O. The number of ether oxygens (including phenoxy) is 1. The summed E-state index contributed by atoms with van der Waals surface area (Å²) in [5.41, 5.74) is 1.53. The van der Waals surface area contributed by atoms with Gasteiger partial charge in [0.25, 0.3) is 0 Å². The molecule has 3 unspecified atom stereocenters. The zero-order chi connectivity index (χ0) is 8.55. The van der Waals surface area contributed by atoms with Crippen LogP contribution in [-0.2, 0) is 4.74 Å². The third kappa shape index (κ3) is 1.22. The van der Waals surface area contributed by atoms with E-state index in [4.69, 9.17) is 4.74 Å². The fourth-order valence-corrected chi connectivity index (χ4v) is 2.44. The van der Waals surface area contributed by atoms with Gasteiger partial charge >= 0.3 is 0 Å². The molecule has 0 radical (unpaired) electrons. The summed E-state index contributed by atoms with van der Waals surface area (Å²) in [6.07, 6.45) is 6.69. The first-order valence-electron chi connectivity index (χ1n) is 4.72. The number of hydrogen-bond donors (Lipinski definition) is 0. The fourth-order valence-electron chi connectivity index (χ4n) is 2.44. The summed E-state index contributed by atoms with van der Waals surface area (Å²) in [6, 6.07) is 0. The van der Waals surface area contributed by atoms with Crippen molar-refractivity contribution in [3.8, 4) is 0 Å². The summed E-state index contributed by atoms with van der Waals surface area (Å²) in [5.74, 6) is 2.06. The van der Waals surface area contributed by atoms with Crippen LogP contribution in [0, 0.1) is 17.8 Å². The van der Waals surface area contributed by atoms with Crippen molar-refractivity contribution in [2.45, 2.75) is 13.8 Å². The van der Waals surface area contributed by atoms with Gasteiger partial charge in [-0.15, -0.1) is 0 Å². The van der Waals surface area contributed by atoms with E-state index >= 15 is 0 Å². The molecule has 1 nitrogen and oxygen atoms in total. The SMILES string of the molecule is CC1=CC=CC2COCC(C)C12. The molecule has 1 heterocycles. The minimum Gasteiger partial charge on any atom is -0.381 e. The maximum Gasteiger partial charge on any atom is 0.0534 e. The standard InChI is InChI=1S/C11H16O/c1-8-4-3-5-10-7-12-6-9(2)11(8)10/h3-5,9-11H,6-7H2,1-2H3. The van der Waals surface area contributed by atoms with Crippen molar-refractivity contribution >= 4 is 0 Å². The average molecular weight is 164 g/mol. The summed E-state index contributed by atoms with van der Waals surface area (Å²) in [6.45, 7) is 6.37. The lowest BCUT2D eigenvalue weighted by molar-refractivity contribution is 0.00594. The van der Waals surface area contributed by atoms with Crippen molar-refractivity contribution in [1.82, 2.24) is 0 Å². The maximum atomic E-state index is 5.52. The Balaban J connectivity index is 2.22. The van der Waals surface area contributed by atoms with E-state index in [1.807, 2.05) is 0 Å². The van der Waals surface area contributed by atoms with E-state index < -0.39 is 0 Å². The highest BCUT2D eigenvalue weighted by molar-refractivity contribution is 5.23. The summed E-state index contributed by atoms with van der Waals surface area (Å²) in [5, 5.41) is 0. The Hall–Kier alpha value is -0.560. The molecule has 1 fully saturated rings. The predicted molar refractivity (Wildman–Crippen MR) is 49.9 cm³/mol. The van der Waals surface area contributed by atoms with Gasteiger partial charge in [0, 0.05) is 12.5 Å². The molecule has 0 spiro atoms. The molecule has 12 heavy (non-hydrogen) atoms. The second-order valence-corrected chi connectivity index (χ2v) is 4.00. The van der Waals surface area contributed by atoms with E-state index in [1.165, 1.54) is 5.57 Å². The fraction of sp³-hybridized carbons (Fsp3) is 0.636. The van der Waals surface area contributed by atoms with Crippen LogP contribution in [0.3, 0.4) is 0 Å². The molecule has 66 valence electrons. The monoisotopic (exact) mass is 164 g/mol. The van der Waals surface area contributed by atoms with Gasteiger partial charge in [0.15, 0.2) is 0 Å². The molecule has 0 amide bonds. The van der Waals surface area contributed by atoms with Gasteiger partial charge in [-0.3, -0.25) is 0 Å². The second kappa shape index (κ2) is 3.06. The molecule has 2 rings (SSSR count). The lowest BCUT2D eigenvalue weighted by Crippen LogP contribution is -2.34. The lowest BCUT2D eigenvalue weighted by Gasteiger charge is -2.37. The first kappa shape index (κ1) is 8.06. The zero-order valence-corrected chi connectivity index (χ0v) is 7.79. The summed E-state index contributed by atoms with van der Waals surface area (Å²) in [4.78, 5) is 0. The Kier molecular flexibility index (Phi) is 2.05. The quantitative estimate of drug-likeness (QED) is 0.534. The highest BCUT2D eigenvalue weighted by Gasteiger charge is 2.31. The van der Waals surface area contributed by atoms with Crippen LogP contribution in [0.15, 0.2) is 23.8 Å². The lowest BCUT2D eigenvalue weighted by atomic mass is 9.74. The normalized spacial score (nSPS) is 40.5. The first-order valence-corrected chi connectivity index (χ1v) is 4.72. The Morgan fingerprint density at radius 1 is 1.42 bits per heavy atom. The van der Waals surface area contributed by atoms with Gasteiger partial charge in [-0.1, -0.05) is 30.7 Å². The minimum atomic E-state index is 0.638. The van der Waals surface area contributed by atoms with Gasteiger partial charge in [-0.2, -0.15) is 0 Å². The zero-order valence-electron chi connectivity index (χ0n) is 7.79. The van der Waals surface area contributed by atoms with Gasteiger partial charge in [0.05, 0.1) is 6.61 Å². The summed E-state index contributed by atoms with van der Waals surface area (Å²) >= 11 is 0. The van der Waals surface area contributed by atoms with E-state index in [-0.39, 0.29) is 0 Å². The molecule has 0 aromatic rings. The highest BCUT2D eigenvalue weighted by Crippen LogP contribution is 2.35. The van der Waals surface area contributed by atoms with E-state index in [1.54, 1.807) is 0 Å². The molecule has 3 atom stereocenters.